The number of hydrogen-bond donors (Lipinski definition) is 1. The zero-order valence-corrected chi connectivity index (χ0v) is 25.8. The van der Waals surface area contributed by atoms with E-state index in [-0.39, 0.29) is 42.2 Å². The van der Waals surface area contributed by atoms with Crippen molar-refractivity contribution in [1.29, 1.82) is 0 Å². The first-order chi connectivity index (χ1) is 19.7. The van der Waals surface area contributed by atoms with Crippen LogP contribution < -0.4 is 19.4 Å². The second-order valence-electron chi connectivity index (χ2n) is 9.74. The fourth-order valence-electron chi connectivity index (χ4n) is 3.46. The minimum atomic E-state index is -3.92. The van der Waals surface area contributed by atoms with Crippen LogP contribution in [0.5, 0.6) is 11.5 Å². The second kappa shape index (κ2) is 18.5. The Morgan fingerprint density at radius 3 is 2.31 bits per heavy atom. The van der Waals surface area contributed by atoms with Gasteiger partial charge in [0.05, 0.1) is 22.8 Å². The van der Waals surface area contributed by atoms with Gasteiger partial charge in [-0.15, -0.1) is 0 Å². The number of pyridine rings is 1. The molecule has 0 radical (unpaired) electrons. The highest BCUT2D eigenvalue weighted by Gasteiger charge is 2.25. The highest BCUT2D eigenvalue weighted by molar-refractivity contribution is 7.84. The van der Waals surface area contributed by atoms with E-state index in [0.29, 0.717) is 24.2 Å². The number of ether oxygens (including phenoxy) is 3. The standard InChI is InChI=1S/C28H37N3O6.CH4O3S/c1-21(2)13-9-6-7-10-14-24(32)29-19-22-15-16-23(26(35-5)25(22)27(33)30(3)4)37-28(34)36-20-31-17-11-8-12-18-31;1-5(2,3)4/h8-9,11-13,15-18,21H,6-7,10,14,19-20H2,1-5H3;1H3,(H,2,3,4)/b13-9+;. The number of carbonyl (C=O) groups excluding carboxylic acids is 3. The molecular weight excluding hydrogens is 566 g/mol. The Morgan fingerprint density at radius 1 is 1.10 bits per heavy atom. The molecule has 2 amide bonds. The van der Waals surface area contributed by atoms with Crippen molar-refractivity contribution in [2.45, 2.75) is 52.8 Å². The molecule has 0 aliphatic carbocycles. The fraction of sp³-hybridized carbons (Fsp3) is 0.448. The SMILES string of the molecule is COc1c(OC(=O)OC[n+]2ccccc2)ccc(CNC(=O)CCCC/C=C/C(C)C)c1C(=O)N(C)C.CS(=O)(=O)[O-]. The Hall–Kier alpha value is -3.97. The molecular formula is C29H41N3O9S. The molecule has 0 atom stereocenters. The zero-order valence-electron chi connectivity index (χ0n) is 25.0. The van der Waals surface area contributed by atoms with Crippen molar-refractivity contribution in [3.05, 3.63) is 66.0 Å². The summed E-state index contributed by atoms with van der Waals surface area (Å²) in [6.07, 6.45) is 10.5. The van der Waals surface area contributed by atoms with Gasteiger partial charge in [0, 0.05) is 45.4 Å². The molecule has 0 saturated carbocycles. The highest BCUT2D eigenvalue weighted by atomic mass is 32.2. The summed E-state index contributed by atoms with van der Waals surface area (Å²) in [5.41, 5.74) is 0.749. The van der Waals surface area contributed by atoms with Gasteiger partial charge in [0.25, 0.3) is 12.6 Å². The number of allylic oxidation sites excluding steroid dienone is 2. The lowest BCUT2D eigenvalue weighted by atomic mass is 10.0. The largest absolute Gasteiger partial charge is 0.748 e. The van der Waals surface area contributed by atoms with E-state index in [2.05, 4.69) is 31.3 Å². The molecule has 0 aliphatic rings. The molecule has 232 valence electrons. The van der Waals surface area contributed by atoms with E-state index >= 15 is 0 Å². The van der Waals surface area contributed by atoms with Gasteiger partial charge in [-0.05, 0) is 36.8 Å². The van der Waals surface area contributed by atoms with Gasteiger partial charge in [0.2, 0.25) is 5.91 Å². The Balaban J connectivity index is 0.00000162. The first-order valence-electron chi connectivity index (χ1n) is 13.3. The topological polar surface area (TPSA) is 155 Å². The van der Waals surface area contributed by atoms with Gasteiger partial charge in [-0.25, -0.2) is 13.2 Å². The molecule has 1 aromatic heterocycles. The lowest BCUT2D eigenvalue weighted by molar-refractivity contribution is -0.727. The summed E-state index contributed by atoms with van der Waals surface area (Å²) in [7, 11) is 0.684. The number of unbranched alkanes of at least 4 members (excludes halogenated alkanes) is 2. The van der Waals surface area contributed by atoms with Gasteiger partial charge < -0.3 is 29.0 Å². The Bertz CT molecular complexity index is 1290. The second-order valence-corrected chi connectivity index (χ2v) is 11.2. The van der Waals surface area contributed by atoms with Gasteiger partial charge >= 0.3 is 6.16 Å². The molecule has 0 bridgehead atoms. The third-order valence-corrected chi connectivity index (χ3v) is 5.36. The molecule has 2 rings (SSSR count). The van der Waals surface area contributed by atoms with E-state index in [1.807, 2.05) is 6.07 Å². The third-order valence-electron chi connectivity index (χ3n) is 5.36. The van der Waals surface area contributed by atoms with Crippen molar-refractivity contribution in [2.24, 2.45) is 5.92 Å². The van der Waals surface area contributed by atoms with E-state index in [1.165, 1.54) is 18.1 Å². The van der Waals surface area contributed by atoms with Gasteiger partial charge in [-0.3, -0.25) is 9.59 Å². The highest BCUT2D eigenvalue weighted by Crippen LogP contribution is 2.35. The smallest absolute Gasteiger partial charge is 0.518 e. The van der Waals surface area contributed by atoms with E-state index in [4.69, 9.17) is 27.2 Å². The maximum absolute atomic E-state index is 13.0. The summed E-state index contributed by atoms with van der Waals surface area (Å²) in [4.78, 5) is 39.1. The first-order valence-corrected chi connectivity index (χ1v) is 15.1. The van der Waals surface area contributed by atoms with Crippen molar-refractivity contribution in [3.63, 3.8) is 0 Å². The predicted molar refractivity (Wildman–Crippen MR) is 155 cm³/mol. The molecule has 13 heteroatoms. The summed E-state index contributed by atoms with van der Waals surface area (Å²) in [6, 6.07) is 8.61. The number of amides is 2. The van der Waals surface area contributed by atoms with Crippen LogP contribution in [0.4, 0.5) is 4.79 Å². The average molecular weight is 608 g/mol. The summed E-state index contributed by atoms with van der Waals surface area (Å²) < 4.78 is 44.9. The van der Waals surface area contributed by atoms with Gasteiger partial charge in [0.1, 0.15) is 0 Å². The monoisotopic (exact) mass is 607 g/mol. The number of nitrogens with one attached hydrogen (secondary N) is 1. The van der Waals surface area contributed by atoms with Crippen LogP contribution >= 0.6 is 0 Å². The third kappa shape index (κ3) is 15.1. The fourth-order valence-corrected chi connectivity index (χ4v) is 3.46. The molecule has 2 aromatic rings. The number of aromatic nitrogens is 1. The average Bonchev–Trinajstić information content (AvgIpc) is 2.91. The number of nitrogens with zero attached hydrogens (tertiary/aromatic N) is 2. The van der Waals surface area contributed by atoms with Crippen molar-refractivity contribution < 1.29 is 46.1 Å². The minimum absolute atomic E-state index is 0.0381. The van der Waals surface area contributed by atoms with Crippen LogP contribution in [0.15, 0.2) is 54.9 Å². The normalized spacial score (nSPS) is 11.0. The maximum Gasteiger partial charge on any atom is 0.518 e. The van der Waals surface area contributed by atoms with Crippen LogP contribution in [0, 0.1) is 5.92 Å². The Kier molecular flexibility index (Phi) is 15.8. The van der Waals surface area contributed by atoms with Crippen LogP contribution in [0.25, 0.3) is 0 Å². The number of methoxy groups -OCH3 is 1. The van der Waals surface area contributed by atoms with Crippen LogP contribution in [0.3, 0.4) is 0 Å². The number of rotatable bonds is 13. The molecule has 0 spiro atoms. The summed E-state index contributed by atoms with van der Waals surface area (Å²) in [5, 5.41) is 2.87. The van der Waals surface area contributed by atoms with Gasteiger partial charge in [-0.2, -0.15) is 4.57 Å². The van der Waals surface area contributed by atoms with Gasteiger partial charge in [-0.1, -0.05) is 38.1 Å². The number of benzene rings is 1. The summed E-state index contributed by atoms with van der Waals surface area (Å²) in [6.45, 7) is 4.35. The molecule has 1 heterocycles. The number of carbonyl (C=O) groups is 3. The van der Waals surface area contributed by atoms with Crippen LogP contribution in [-0.2, 0) is 32.9 Å². The lowest BCUT2D eigenvalue weighted by Gasteiger charge is -2.19. The molecule has 1 N–H and O–H groups in total. The quantitative estimate of drug-likeness (QED) is 0.0900. The van der Waals surface area contributed by atoms with E-state index in [9.17, 15) is 14.4 Å². The van der Waals surface area contributed by atoms with Crippen LogP contribution in [0.1, 0.15) is 55.5 Å². The summed E-state index contributed by atoms with van der Waals surface area (Å²) in [5.74, 6) is 0.205. The van der Waals surface area contributed by atoms with Crippen molar-refractivity contribution >= 4 is 28.1 Å². The molecule has 12 nitrogen and oxygen atoms in total. The first kappa shape index (κ1) is 36.1. The molecule has 0 aliphatic heterocycles. The van der Waals surface area contributed by atoms with Crippen molar-refractivity contribution in [3.8, 4) is 11.5 Å². The van der Waals surface area contributed by atoms with E-state index < -0.39 is 16.3 Å². The molecule has 0 unspecified atom stereocenters. The predicted octanol–water partition coefficient (Wildman–Crippen LogP) is 3.41. The van der Waals surface area contributed by atoms with Crippen LogP contribution in [-0.4, -0.2) is 63.3 Å². The number of hydrogen-bond acceptors (Lipinski definition) is 9. The summed E-state index contributed by atoms with van der Waals surface area (Å²) >= 11 is 0. The maximum atomic E-state index is 13.0. The van der Waals surface area contributed by atoms with Crippen LogP contribution in [0.2, 0.25) is 0 Å². The minimum Gasteiger partial charge on any atom is -0.748 e. The molecule has 0 fully saturated rings. The molecule has 1 aromatic carbocycles. The Labute approximate surface area is 248 Å². The Morgan fingerprint density at radius 2 is 1.74 bits per heavy atom. The van der Waals surface area contributed by atoms with Crippen molar-refractivity contribution in [1.82, 2.24) is 10.2 Å². The van der Waals surface area contributed by atoms with Gasteiger partial charge in [0.15, 0.2) is 23.9 Å². The molecule has 42 heavy (non-hydrogen) atoms. The van der Waals surface area contributed by atoms with Crippen molar-refractivity contribution in [2.75, 3.05) is 27.5 Å². The van der Waals surface area contributed by atoms with E-state index in [0.717, 1.165) is 19.3 Å². The molecule has 0 saturated heterocycles. The lowest BCUT2D eigenvalue weighted by Crippen LogP contribution is -2.35. The van der Waals surface area contributed by atoms with E-state index in [1.54, 1.807) is 49.3 Å². The zero-order chi connectivity index (χ0) is 31.7.